The zero-order valence-electron chi connectivity index (χ0n) is 8.40. The van der Waals surface area contributed by atoms with E-state index in [1.54, 1.807) is 0 Å². The first-order valence-electron chi connectivity index (χ1n) is 3.72. The molecule has 0 rings (SSSR count). The Morgan fingerprint density at radius 3 is 2.00 bits per heavy atom. The number of carbonyl (C=O) groups is 2. The molecule has 5 nitrogen and oxygen atoms in total. The number of hydrogen-bond donors (Lipinski definition) is 1. The second-order valence-electron chi connectivity index (χ2n) is 2.58. The van der Waals surface area contributed by atoms with E-state index in [9.17, 15) is 9.59 Å². The Balaban J connectivity index is 0. The number of ketones is 1. The topological polar surface area (TPSA) is 87.4 Å². The van der Waals surface area contributed by atoms with Gasteiger partial charge >= 0.3 is 5.97 Å². The quantitative estimate of drug-likeness (QED) is 0.303. The standard InChI is InChI=1S/C6H7NO3.C3H6O/c1-4(2)6(9)10-5(8)3-7;1-3(2)4/h5,8H,1H2,2H3;1-2H3. The highest BCUT2D eigenvalue weighted by Gasteiger charge is 2.08. The van der Waals surface area contributed by atoms with Gasteiger partial charge in [-0.15, -0.1) is 0 Å². The molecule has 0 aromatic heterocycles. The summed E-state index contributed by atoms with van der Waals surface area (Å²) in [7, 11) is 0. The fourth-order valence-corrected chi connectivity index (χ4v) is 0.228. The minimum absolute atomic E-state index is 0.147. The Labute approximate surface area is 82.6 Å². The van der Waals surface area contributed by atoms with Crippen LogP contribution >= 0.6 is 0 Å². The van der Waals surface area contributed by atoms with Gasteiger partial charge in [0.15, 0.2) is 0 Å². The van der Waals surface area contributed by atoms with Crippen LogP contribution in [0.25, 0.3) is 0 Å². The highest BCUT2D eigenvalue weighted by molar-refractivity contribution is 5.87. The maximum absolute atomic E-state index is 10.5. The predicted octanol–water partition coefficient (Wildman–Crippen LogP) is 0.543. The molecule has 0 fully saturated rings. The van der Waals surface area contributed by atoms with E-state index in [-0.39, 0.29) is 11.4 Å². The highest BCUT2D eigenvalue weighted by Crippen LogP contribution is 1.94. The summed E-state index contributed by atoms with van der Waals surface area (Å²) in [5.74, 6) is -0.603. The van der Waals surface area contributed by atoms with Crippen LogP contribution in [0, 0.1) is 11.3 Å². The number of carbonyl (C=O) groups excluding carboxylic acids is 2. The number of nitrogens with zero attached hydrogens (tertiary/aromatic N) is 1. The SMILES string of the molecule is C=C(C)C(=O)OC(O)C#N.CC(C)=O. The molecule has 0 radical (unpaired) electrons. The molecule has 0 heterocycles. The summed E-state index contributed by atoms with van der Waals surface area (Å²) in [5.41, 5.74) is 0.147. The van der Waals surface area contributed by atoms with E-state index in [4.69, 9.17) is 10.4 Å². The van der Waals surface area contributed by atoms with Crippen molar-refractivity contribution in [3.05, 3.63) is 12.2 Å². The Morgan fingerprint density at radius 2 is 1.79 bits per heavy atom. The van der Waals surface area contributed by atoms with E-state index in [2.05, 4.69) is 11.3 Å². The van der Waals surface area contributed by atoms with Crippen LogP contribution < -0.4 is 0 Å². The van der Waals surface area contributed by atoms with Gasteiger partial charge in [-0.05, 0) is 20.8 Å². The summed E-state index contributed by atoms with van der Waals surface area (Å²) in [6.07, 6.45) is -1.69. The van der Waals surface area contributed by atoms with Gasteiger partial charge in [-0.1, -0.05) is 6.58 Å². The fraction of sp³-hybridized carbons (Fsp3) is 0.444. The van der Waals surface area contributed by atoms with Crippen LogP contribution in [-0.4, -0.2) is 23.1 Å². The monoisotopic (exact) mass is 199 g/mol. The molecule has 0 amide bonds. The molecule has 0 aliphatic rings. The van der Waals surface area contributed by atoms with Crippen molar-refractivity contribution in [1.82, 2.24) is 0 Å². The third-order valence-corrected chi connectivity index (χ3v) is 0.678. The van der Waals surface area contributed by atoms with E-state index >= 15 is 0 Å². The van der Waals surface area contributed by atoms with Crippen molar-refractivity contribution in [1.29, 1.82) is 5.26 Å². The summed E-state index contributed by atoms with van der Waals surface area (Å²) < 4.78 is 4.12. The molecule has 0 bridgehead atoms. The molecule has 5 heteroatoms. The molecule has 0 aromatic rings. The van der Waals surface area contributed by atoms with E-state index in [0.717, 1.165) is 0 Å². The lowest BCUT2D eigenvalue weighted by molar-refractivity contribution is -0.154. The van der Waals surface area contributed by atoms with Gasteiger partial charge in [-0.2, -0.15) is 5.26 Å². The number of nitriles is 1. The first-order chi connectivity index (χ1) is 6.31. The van der Waals surface area contributed by atoms with Gasteiger partial charge in [-0.3, -0.25) is 0 Å². The predicted molar refractivity (Wildman–Crippen MR) is 48.9 cm³/mol. The first-order valence-corrected chi connectivity index (χ1v) is 3.72. The average molecular weight is 199 g/mol. The third kappa shape index (κ3) is 13.0. The highest BCUT2D eigenvalue weighted by atomic mass is 16.6. The summed E-state index contributed by atoms with van der Waals surface area (Å²) >= 11 is 0. The van der Waals surface area contributed by atoms with Gasteiger partial charge in [0.25, 0.3) is 6.29 Å². The molecule has 1 unspecified atom stereocenters. The second kappa shape index (κ2) is 7.95. The summed E-state index contributed by atoms with van der Waals surface area (Å²) in [6, 6.07) is 1.32. The number of Topliss-reactive ketones (excluding diaryl/α,β-unsaturated/α-hetero) is 1. The van der Waals surface area contributed by atoms with Gasteiger partial charge in [-0.25, -0.2) is 4.79 Å². The number of aliphatic hydroxyl groups excluding tert-OH is 1. The van der Waals surface area contributed by atoms with Crippen molar-refractivity contribution in [3.63, 3.8) is 0 Å². The maximum Gasteiger partial charge on any atom is 0.336 e. The van der Waals surface area contributed by atoms with Crippen LogP contribution in [0.4, 0.5) is 0 Å². The molecule has 1 N–H and O–H groups in total. The average Bonchev–Trinajstić information content (AvgIpc) is 2.02. The first kappa shape index (κ1) is 14.8. The van der Waals surface area contributed by atoms with Crippen LogP contribution in [-0.2, 0) is 14.3 Å². The number of hydrogen-bond acceptors (Lipinski definition) is 5. The number of rotatable bonds is 2. The van der Waals surface area contributed by atoms with Crippen LogP contribution in [0.2, 0.25) is 0 Å². The molecule has 1 atom stereocenters. The molecule has 0 spiro atoms. The van der Waals surface area contributed by atoms with E-state index in [0.29, 0.717) is 0 Å². The Bertz CT molecular complexity index is 260. The van der Waals surface area contributed by atoms with Crippen LogP contribution in [0.3, 0.4) is 0 Å². The van der Waals surface area contributed by atoms with Crippen molar-refractivity contribution in [2.24, 2.45) is 0 Å². The molecular formula is C9H13NO4. The lowest BCUT2D eigenvalue weighted by atomic mass is 10.4. The lowest BCUT2D eigenvalue weighted by Gasteiger charge is -2.02. The maximum atomic E-state index is 10.5. The minimum atomic E-state index is -1.69. The van der Waals surface area contributed by atoms with Crippen molar-refractivity contribution in [2.75, 3.05) is 0 Å². The number of aliphatic hydroxyl groups is 1. The number of esters is 1. The Kier molecular flexibility index (Phi) is 8.43. The van der Waals surface area contributed by atoms with Crippen LogP contribution in [0.1, 0.15) is 20.8 Å². The zero-order valence-corrected chi connectivity index (χ0v) is 8.40. The van der Waals surface area contributed by atoms with E-state index < -0.39 is 12.3 Å². The molecule has 0 aliphatic heterocycles. The van der Waals surface area contributed by atoms with Crippen molar-refractivity contribution < 1.29 is 19.4 Å². The zero-order chi connectivity index (χ0) is 11.7. The Hall–Kier alpha value is -1.67. The minimum Gasteiger partial charge on any atom is -0.418 e. The van der Waals surface area contributed by atoms with Crippen molar-refractivity contribution in [3.8, 4) is 6.07 Å². The van der Waals surface area contributed by atoms with Crippen LogP contribution in [0.15, 0.2) is 12.2 Å². The smallest absolute Gasteiger partial charge is 0.336 e. The van der Waals surface area contributed by atoms with Gasteiger partial charge in [0, 0.05) is 5.57 Å². The molecule has 0 saturated carbocycles. The van der Waals surface area contributed by atoms with Gasteiger partial charge in [0.05, 0.1) is 0 Å². The van der Waals surface area contributed by atoms with E-state index in [1.165, 1.54) is 26.8 Å². The van der Waals surface area contributed by atoms with Gasteiger partial charge < -0.3 is 14.6 Å². The number of ether oxygens (including phenoxy) is 1. The Morgan fingerprint density at radius 1 is 1.43 bits per heavy atom. The summed E-state index contributed by atoms with van der Waals surface area (Å²) in [6.45, 7) is 7.73. The van der Waals surface area contributed by atoms with Gasteiger partial charge in [0.2, 0.25) is 0 Å². The normalized spacial score (nSPS) is 9.93. The lowest BCUT2D eigenvalue weighted by Crippen LogP contribution is -2.15. The molecule has 14 heavy (non-hydrogen) atoms. The van der Waals surface area contributed by atoms with Crippen molar-refractivity contribution >= 4 is 11.8 Å². The van der Waals surface area contributed by atoms with E-state index in [1.807, 2.05) is 0 Å². The largest absolute Gasteiger partial charge is 0.418 e. The third-order valence-electron chi connectivity index (χ3n) is 0.678. The van der Waals surface area contributed by atoms with Crippen LogP contribution in [0.5, 0.6) is 0 Å². The second-order valence-corrected chi connectivity index (χ2v) is 2.58. The fourth-order valence-electron chi connectivity index (χ4n) is 0.228. The molecule has 0 aliphatic carbocycles. The summed E-state index contributed by atoms with van der Waals surface area (Å²) in [5, 5.41) is 16.4. The molecular weight excluding hydrogens is 186 g/mol. The molecule has 78 valence electrons. The molecule has 0 aromatic carbocycles. The summed E-state index contributed by atoms with van der Waals surface area (Å²) in [4.78, 5) is 19.9. The van der Waals surface area contributed by atoms with Gasteiger partial charge in [0.1, 0.15) is 11.9 Å². The molecule has 0 saturated heterocycles. The van der Waals surface area contributed by atoms with Crippen molar-refractivity contribution in [2.45, 2.75) is 27.1 Å².